The third kappa shape index (κ3) is 4.49. The molecule has 2 aromatic carbocycles. The molecular weight excluding hydrogens is 482 g/mol. The number of hydrogen-bond acceptors (Lipinski definition) is 6. The molecule has 1 fully saturated rings. The molecule has 0 unspecified atom stereocenters. The smallest absolute Gasteiger partial charge is 0.268 e. The Morgan fingerprint density at radius 3 is 2.69 bits per heavy atom. The SMILES string of the molecule is C=Cc1cc2cc(CNC(=O)C3(C)CC3)n(S(=O)(=O)c3ccccc3)c2cc1OCc1cscn1. The number of benzene rings is 2. The van der Waals surface area contributed by atoms with E-state index in [4.69, 9.17) is 4.74 Å². The van der Waals surface area contributed by atoms with Crippen LogP contribution in [0.15, 0.2) is 70.9 Å². The van der Waals surface area contributed by atoms with E-state index in [2.05, 4.69) is 16.9 Å². The van der Waals surface area contributed by atoms with Gasteiger partial charge in [0.2, 0.25) is 5.91 Å². The predicted octanol–water partition coefficient (Wildman–Crippen LogP) is 4.97. The number of rotatable bonds is 9. The molecule has 1 aliphatic rings. The minimum Gasteiger partial charge on any atom is -0.487 e. The fourth-order valence-corrected chi connectivity index (χ4v) is 6.03. The average Bonchev–Trinajstić information content (AvgIpc) is 3.26. The molecule has 180 valence electrons. The van der Waals surface area contributed by atoms with Crippen molar-refractivity contribution in [1.29, 1.82) is 0 Å². The van der Waals surface area contributed by atoms with Gasteiger partial charge in [0.05, 0.1) is 33.9 Å². The van der Waals surface area contributed by atoms with Gasteiger partial charge in [0.1, 0.15) is 12.4 Å². The molecule has 0 radical (unpaired) electrons. The third-order valence-electron chi connectivity index (χ3n) is 6.30. The normalized spacial score (nSPS) is 14.5. The minimum atomic E-state index is -3.94. The van der Waals surface area contributed by atoms with E-state index < -0.39 is 10.0 Å². The van der Waals surface area contributed by atoms with Crippen LogP contribution in [0, 0.1) is 5.41 Å². The zero-order chi connectivity index (χ0) is 24.6. The van der Waals surface area contributed by atoms with Crippen LogP contribution in [0.5, 0.6) is 5.75 Å². The first-order chi connectivity index (χ1) is 16.8. The molecule has 1 aliphatic carbocycles. The van der Waals surface area contributed by atoms with Crippen molar-refractivity contribution in [2.24, 2.45) is 5.41 Å². The summed E-state index contributed by atoms with van der Waals surface area (Å²) in [5.41, 5.74) is 3.83. The van der Waals surface area contributed by atoms with E-state index in [1.807, 2.05) is 18.4 Å². The number of thiazole rings is 1. The maximum Gasteiger partial charge on any atom is 0.268 e. The number of nitrogens with one attached hydrogen (secondary N) is 1. The van der Waals surface area contributed by atoms with Crippen molar-refractivity contribution in [3.05, 3.63) is 83.0 Å². The number of carbonyl (C=O) groups excluding carboxylic acids is 1. The molecule has 9 heteroatoms. The van der Waals surface area contributed by atoms with Crippen molar-refractivity contribution in [3.63, 3.8) is 0 Å². The minimum absolute atomic E-state index is 0.0644. The molecule has 0 atom stereocenters. The van der Waals surface area contributed by atoms with Crippen LogP contribution < -0.4 is 10.1 Å². The van der Waals surface area contributed by atoms with Gasteiger partial charge in [-0.25, -0.2) is 17.4 Å². The number of ether oxygens (including phenoxy) is 1. The molecule has 0 spiro atoms. The first kappa shape index (κ1) is 23.3. The molecular formula is C26H25N3O4S2. The summed E-state index contributed by atoms with van der Waals surface area (Å²) < 4.78 is 34.9. The van der Waals surface area contributed by atoms with Gasteiger partial charge >= 0.3 is 0 Å². The van der Waals surface area contributed by atoms with E-state index in [9.17, 15) is 13.2 Å². The molecule has 2 aromatic heterocycles. The Kier molecular flexibility index (Phi) is 5.98. The summed E-state index contributed by atoms with van der Waals surface area (Å²) in [4.78, 5) is 17.0. The van der Waals surface area contributed by atoms with E-state index in [0.29, 0.717) is 22.3 Å². The maximum atomic E-state index is 13.8. The highest BCUT2D eigenvalue weighted by Gasteiger charge is 2.44. The van der Waals surface area contributed by atoms with E-state index in [1.165, 1.54) is 15.3 Å². The highest BCUT2D eigenvalue weighted by atomic mass is 32.2. The summed E-state index contributed by atoms with van der Waals surface area (Å²) in [5, 5.41) is 5.54. The highest BCUT2D eigenvalue weighted by Crippen LogP contribution is 2.45. The lowest BCUT2D eigenvalue weighted by Crippen LogP contribution is -2.31. The lowest BCUT2D eigenvalue weighted by atomic mass is 10.1. The second kappa shape index (κ2) is 8.98. The second-order valence-corrected chi connectivity index (χ2v) is 11.4. The lowest BCUT2D eigenvalue weighted by Gasteiger charge is -2.15. The fourth-order valence-electron chi connectivity index (χ4n) is 3.94. The molecule has 7 nitrogen and oxygen atoms in total. The van der Waals surface area contributed by atoms with Gasteiger partial charge in [-0.3, -0.25) is 4.79 Å². The van der Waals surface area contributed by atoms with Crippen molar-refractivity contribution >= 4 is 44.2 Å². The number of aromatic nitrogens is 2. The number of carbonyl (C=O) groups is 1. The van der Waals surface area contributed by atoms with Crippen LogP contribution >= 0.6 is 11.3 Å². The summed E-state index contributed by atoms with van der Waals surface area (Å²) in [6, 6.07) is 13.6. The maximum absolute atomic E-state index is 13.8. The van der Waals surface area contributed by atoms with E-state index in [1.54, 1.807) is 54.1 Å². The fraction of sp³-hybridized carbons (Fsp3) is 0.231. The Bertz CT molecular complexity index is 1500. The van der Waals surface area contributed by atoms with E-state index in [0.717, 1.165) is 24.1 Å². The second-order valence-electron chi connectivity index (χ2n) is 8.88. The van der Waals surface area contributed by atoms with Crippen LogP contribution in [0.1, 0.15) is 36.7 Å². The van der Waals surface area contributed by atoms with E-state index >= 15 is 0 Å². The summed E-state index contributed by atoms with van der Waals surface area (Å²) in [6.45, 7) is 6.15. The molecule has 0 saturated heterocycles. The Morgan fingerprint density at radius 1 is 1.26 bits per heavy atom. The number of amides is 1. The van der Waals surface area contributed by atoms with Gasteiger partial charge in [-0.2, -0.15) is 0 Å². The highest BCUT2D eigenvalue weighted by molar-refractivity contribution is 7.90. The standard InChI is InChI=1S/C26H25N3O4S2/c1-3-18-11-19-12-21(14-27-25(30)26(2)9-10-26)29(35(31,32)22-7-5-4-6-8-22)23(19)13-24(18)33-15-20-16-34-17-28-20/h3-8,11-13,16-17H,1,9-10,14-15H2,2H3,(H,27,30). The molecule has 5 rings (SSSR count). The van der Waals surface area contributed by atoms with Gasteiger partial charge in [-0.15, -0.1) is 11.3 Å². The number of fused-ring (bicyclic) bond motifs is 1. The van der Waals surface area contributed by atoms with Crippen molar-refractivity contribution in [2.45, 2.75) is 37.8 Å². The largest absolute Gasteiger partial charge is 0.487 e. The first-order valence-electron chi connectivity index (χ1n) is 11.2. The third-order valence-corrected chi connectivity index (χ3v) is 8.71. The monoisotopic (exact) mass is 507 g/mol. The zero-order valence-corrected chi connectivity index (χ0v) is 20.9. The molecule has 0 aliphatic heterocycles. The Balaban J connectivity index is 1.61. The molecule has 2 heterocycles. The molecule has 4 aromatic rings. The van der Waals surface area contributed by atoms with E-state index in [-0.39, 0.29) is 29.4 Å². The lowest BCUT2D eigenvalue weighted by molar-refractivity contribution is -0.125. The topological polar surface area (TPSA) is 90.3 Å². The number of hydrogen-bond donors (Lipinski definition) is 1. The van der Waals surface area contributed by atoms with Crippen LogP contribution in [-0.2, 0) is 28.0 Å². The molecule has 35 heavy (non-hydrogen) atoms. The summed E-state index contributed by atoms with van der Waals surface area (Å²) in [7, 11) is -3.94. The number of nitrogens with zero attached hydrogens (tertiary/aromatic N) is 2. The van der Waals surface area contributed by atoms with Crippen molar-refractivity contribution in [1.82, 2.24) is 14.3 Å². The van der Waals surface area contributed by atoms with Crippen LogP contribution in [0.2, 0.25) is 0 Å². The van der Waals surface area contributed by atoms with Gasteiger partial charge < -0.3 is 10.1 Å². The molecule has 0 bridgehead atoms. The predicted molar refractivity (Wildman–Crippen MR) is 137 cm³/mol. The van der Waals surface area contributed by atoms with Crippen molar-refractivity contribution in [3.8, 4) is 5.75 Å². The van der Waals surface area contributed by atoms with Crippen molar-refractivity contribution in [2.75, 3.05) is 0 Å². The van der Waals surface area contributed by atoms with Gasteiger partial charge in [0.25, 0.3) is 10.0 Å². The summed E-state index contributed by atoms with van der Waals surface area (Å²) >= 11 is 1.48. The Hall–Kier alpha value is -3.43. The van der Waals surface area contributed by atoms with Crippen LogP contribution in [0.3, 0.4) is 0 Å². The molecule has 1 amide bonds. The van der Waals surface area contributed by atoms with Gasteiger partial charge in [0, 0.05) is 27.8 Å². The van der Waals surface area contributed by atoms with Gasteiger partial charge in [-0.05, 0) is 37.1 Å². The summed E-state index contributed by atoms with van der Waals surface area (Å²) in [6.07, 6.45) is 3.35. The van der Waals surface area contributed by atoms with Crippen molar-refractivity contribution < 1.29 is 17.9 Å². The zero-order valence-electron chi connectivity index (χ0n) is 19.2. The summed E-state index contributed by atoms with van der Waals surface area (Å²) in [5.74, 6) is 0.440. The van der Waals surface area contributed by atoms with Crippen LogP contribution in [-0.4, -0.2) is 23.3 Å². The quantitative estimate of drug-likeness (QED) is 0.345. The molecule has 1 N–H and O–H groups in total. The Labute approximate surface area is 208 Å². The van der Waals surface area contributed by atoms with Crippen LogP contribution in [0.4, 0.5) is 0 Å². The average molecular weight is 508 g/mol. The first-order valence-corrected chi connectivity index (χ1v) is 13.6. The van der Waals surface area contributed by atoms with Gasteiger partial charge in [-0.1, -0.05) is 37.8 Å². The van der Waals surface area contributed by atoms with Gasteiger partial charge in [0.15, 0.2) is 0 Å². The molecule has 1 saturated carbocycles. The van der Waals surface area contributed by atoms with Crippen LogP contribution in [0.25, 0.3) is 17.0 Å². The Morgan fingerprint density at radius 2 is 2.03 bits per heavy atom.